The molecule has 0 aliphatic carbocycles. The van der Waals surface area contributed by atoms with Crippen LogP contribution in [0.1, 0.15) is 47.2 Å². The van der Waals surface area contributed by atoms with Gasteiger partial charge in [-0.05, 0) is 61.2 Å². The van der Waals surface area contributed by atoms with Crippen LogP contribution in [-0.2, 0) is 5.75 Å². The summed E-state index contributed by atoms with van der Waals surface area (Å²) in [6.45, 7) is 2.11. The first-order valence-corrected chi connectivity index (χ1v) is 12.7. The minimum absolute atomic E-state index is 0.0528. The molecule has 2 fully saturated rings. The normalized spacial score (nSPS) is 21.5. The molecule has 0 spiro atoms. The number of carbonyl (C=O) groups is 1. The number of rotatable bonds is 6. The highest BCUT2D eigenvalue weighted by Crippen LogP contribution is 2.38. The lowest BCUT2D eigenvalue weighted by molar-refractivity contribution is 0.0349. The maximum absolute atomic E-state index is 14.0. The van der Waals surface area contributed by atoms with Crippen molar-refractivity contribution in [2.75, 3.05) is 0 Å². The molecule has 34 heavy (non-hydrogen) atoms. The number of hydrogen-bond donors (Lipinski definition) is 0. The van der Waals surface area contributed by atoms with E-state index in [1.807, 2.05) is 35.2 Å². The van der Waals surface area contributed by atoms with E-state index in [2.05, 4.69) is 25.1 Å². The number of hydrogen-bond acceptors (Lipinski definition) is 3. The number of nitrogens with zero attached hydrogens (tertiary/aromatic N) is 1. The van der Waals surface area contributed by atoms with Crippen LogP contribution in [0.3, 0.4) is 0 Å². The Morgan fingerprint density at radius 2 is 1.71 bits per heavy atom. The average molecular weight is 480 g/mol. The number of thioether (sulfide) groups is 1. The van der Waals surface area contributed by atoms with Crippen LogP contribution < -0.4 is 4.74 Å². The Hall–Kier alpha value is -2.86. The second-order valence-electron chi connectivity index (χ2n) is 9.13. The minimum Gasteiger partial charge on any atom is -0.487 e. The zero-order chi connectivity index (χ0) is 23.7. The molecule has 3 aromatic carbocycles. The van der Waals surface area contributed by atoms with Crippen LogP contribution in [0.5, 0.6) is 5.75 Å². The first-order valence-electron chi connectivity index (χ1n) is 11.7. The molecule has 1 amide bonds. The fourth-order valence-electron chi connectivity index (χ4n) is 5.08. The van der Waals surface area contributed by atoms with Gasteiger partial charge in [0, 0.05) is 47.2 Å². The van der Waals surface area contributed by atoms with Gasteiger partial charge in [0.2, 0.25) is 0 Å². The Morgan fingerprint density at radius 3 is 2.38 bits per heavy atom. The molecular formula is C28H27F2NO2S. The predicted molar refractivity (Wildman–Crippen MR) is 130 cm³/mol. The molecule has 0 aromatic heterocycles. The van der Waals surface area contributed by atoms with E-state index in [0.717, 1.165) is 24.7 Å². The highest BCUT2D eigenvalue weighted by atomic mass is 32.2. The number of piperidine rings is 1. The SMILES string of the molecule is Cc1ccccc1SCc1ccc(C(=O)N2C3CCC2CC(Oc2ccc(F)cc2F)C3)cc1. The highest BCUT2D eigenvalue weighted by Gasteiger charge is 2.44. The standard InChI is InChI=1S/C28H27F2NO2S/c1-18-4-2-3-5-27(18)34-17-19-6-8-20(9-7-19)28(32)31-22-11-12-23(31)16-24(15-22)33-26-13-10-21(29)14-25(26)30/h2-10,13-14,22-24H,11-12,15-17H2,1H3. The lowest BCUT2D eigenvalue weighted by Gasteiger charge is -2.39. The summed E-state index contributed by atoms with van der Waals surface area (Å²) in [6.07, 6.45) is 2.98. The summed E-state index contributed by atoms with van der Waals surface area (Å²) >= 11 is 1.80. The number of benzene rings is 3. The van der Waals surface area contributed by atoms with Crippen LogP contribution in [0.2, 0.25) is 0 Å². The molecule has 2 aliphatic heterocycles. The molecule has 2 bridgehead atoms. The Kier molecular flexibility index (Phi) is 6.59. The van der Waals surface area contributed by atoms with Crippen molar-refractivity contribution in [3.63, 3.8) is 0 Å². The van der Waals surface area contributed by atoms with Gasteiger partial charge in [-0.25, -0.2) is 8.78 Å². The lowest BCUT2D eigenvalue weighted by atomic mass is 9.98. The second kappa shape index (κ2) is 9.79. The van der Waals surface area contributed by atoms with Crippen molar-refractivity contribution < 1.29 is 18.3 Å². The quantitative estimate of drug-likeness (QED) is 0.365. The molecule has 2 saturated heterocycles. The van der Waals surface area contributed by atoms with Crippen LogP contribution in [0.25, 0.3) is 0 Å². The van der Waals surface area contributed by atoms with Crippen molar-refractivity contribution >= 4 is 17.7 Å². The maximum atomic E-state index is 14.0. The summed E-state index contributed by atoms with van der Waals surface area (Å²) in [5, 5.41) is 0. The van der Waals surface area contributed by atoms with Crippen LogP contribution in [0.15, 0.2) is 71.6 Å². The summed E-state index contributed by atoms with van der Waals surface area (Å²) in [4.78, 5) is 16.6. The molecule has 2 unspecified atom stereocenters. The number of aryl methyl sites for hydroxylation is 1. The van der Waals surface area contributed by atoms with Gasteiger partial charge in [0.15, 0.2) is 11.6 Å². The number of ether oxygens (including phenoxy) is 1. The van der Waals surface area contributed by atoms with Crippen LogP contribution in [-0.4, -0.2) is 29.0 Å². The third-order valence-electron chi connectivity index (χ3n) is 6.80. The summed E-state index contributed by atoms with van der Waals surface area (Å²) in [6, 6.07) is 19.8. The molecular weight excluding hydrogens is 452 g/mol. The molecule has 176 valence electrons. The summed E-state index contributed by atoms with van der Waals surface area (Å²) < 4.78 is 33.1. The number of amides is 1. The molecule has 5 rings (SSSR count). The van der Waals surface area contributed by atoms with E-state index >= 15 is 0 Å². The zero-order valence-corrected chi connectivity index (χ0v) is 19.9. The van der Waals surface area contributed by atoms with E-state index < -0.39 is 11.6 Å². The molecule has 3 aromatic rings. The van der Waals surface area contributed by atoms with Gasteiger partial charge in [-0.2, -0.15) is 0 Å². The van der Waals surface area contributed by atoms with Crippen LogP contribution in [0, 0.1) is 18.6 Å². The van der Waals surface area contributed by atoms with Crippen molar-refractivity contribution in [3.05, 3.63) is 95.1 Å². The Bertz CT molecular complexity index is 1170. The monoisotopic (exact) mass is 479 g/mol. The van der Waals surface area contributed by atoms with Crippen molar-refractivity contribution in [1.82, 2.24) is 4.90 Å². The minimum atomic E-state index is -0.688. The smallest absolute Gasteiger partial charge is 0.254 e. The second-order valence-corrected chi connectivity index (χ2v) is 10.2. The molecule has 6 heteroatoms. The lowest BCUT2D eigenvalue weighted by Crippen LogP contribution is -2.49. The molecule has 3 nitrogen and oxygen atoms in total. The van der Waals surface area contributed by atoms with Gasteiger partial charge >= 0.3 is 0 Å². The molecule has 0 N–H and O–H groups in total. The van der Waals surface area contributed by atoms with Crippen LogP contribution >= 0.6 is 11.8 Å². The van der Waals surface area contributed by atoms with E-state index in [-0.39, 0.29) is 29.8 Å². The Morgan fingerprint density at radius 1 is 1.00 bits per heavy atom. The van der Waals surface area contributed by atoms with Gasteiger partial charge < -0.3 is 9.64 Å². The van der Waals surface area contributed by atoms with E-state index in [1.54, 1.807) is 11.8 Å². The zero-order valence-electron chi connectivity index (χ0n) is 19.0. The van der Waals surface area contributed by atoms with Gasteiger partial charge in [0.05, 0.1) is 0 Å². The molecule has 2 aliphatic rings. The molecule has 2 atom stereocenters. The van der Waals surface area contributed by atoms with Gasteiger partial charge in [0.1, 0.15) is 11.9 Å². The fourth-order valence-corrected chi connectivity index (χ4v) is 6.06. The maximum Gasteiger partial charge on any atom is 0.254 e. The average Bonchev–Trinajstić information content (AvgIpc) is 3.10. The Balaban J connectivity index is 1.21. The number of carbonyl (C=O) groups excluding carboxylic acids is 1. The molecule has 2 heterocycles. The van der Waals surface area contributed by atoms with E-state index in [9.17, 15) is 13.6 Å². The van der Waals surface area contributed by atoms with Crippen molar-refractivity contribution in [2.24, 2.45) is 0 Å². The Labute approximate surface area is 203 Å². The van der Waals surface area contributed by atoms with E-state index in [4.69, 9.17) is 4.74 Å². The first-order chi connectivity index (χ1) is 16.5. The topological polar surface area (TPSA) is 29.5 Å². The third-order valence-corrected chi connectivity index (χ3v) is 8.05. The number of fused-ring (bicyclic) bond motifs is 2. The molecule has 0 saturated carbocycles. The summed E-state index contributed by atoms with van der Waals surface area (Å²) in [7, 11) is 0. The van der Waals surface area contributed by atoms with Crippen molar-refractivity contribution in [2.45, 2.75) is 61.4 Å². The highest BCUT2D eigenvalue weighted by molar-refractivity contribution is 7.98. The van der Waals surface area contributed by atoms with Gasteiger partial charge in [0.25, 0.3) is 5.91 Å². The van der Waals surface area contributed by atoms with Crippen LogP contribution in [0.4, 0.5) is 8.78 Å². The predicted octanol–water partition coefficient (Wildman–Crippen LogP) is 6.78. The van der Waals surface area contributed by atoms with E-state index in [1.165, 1.54) is 28.2 Å². The van der Waals surface area contributed by atoms with Gasteiger partial charge in [-0.1, -0.05) is 30.3 Å². The summed E-state index contributed by atoms with van der Waals surface area (Å²) in [5.74, 6) is -0.328. The first kappa shape index (κ1) is 22.9. The van der Waals surface area contributed by atoms with Gasteiger partial charge in [-0.15, -0.1) is 11.8 Å². The molecule has 0 radical (unpaired) electrons. The van der Waals surface area contributed by atoms with E-state index in [0.29, 0.717) is 18.4 Å². The van der Waals surface area contributed by atoms with Crippen molar-refractivity contribution in [3.8, 4) is 5.75 Å². The fraction of sp³-hybridized carbons (Fsp3) is 0.321. The third kappa shape index (κ3) is 4.83. The number of halogens is 2. The largest absolute Gasteiger partial charge is 0.487 e. The van der Waals surface area contributed by atoms with Crippen molar-refractivity contribution in [1.29, 1.82) is 0 Å². The van der Waals surface area contributed by atoms with Gasteiger partial charge in [-0.3, -0.25) is 4.79 Å². The summed E-state index contributed by atoms with van der Waals surface area (Å²) in [5.41, 5.74) is 3.15.